The molecular formula is C12H24N2O2. The monoisotopic (exact) mass is 228 g/mol. The second kappa shape index (κ2) is 5.41. The van der Waals surface area contributed by atoms with Gasteiger partial charge in [-0.05, 0) is 32.1 Å². The standard InChI is InChI=1S/C12H24N2O2/c1-9(15)13-10(7-11(2,3)4)8-12(5,6)14-16/h10H,7-8H2,1-6H3,(H,13,15). The van der Waals surface area contributed by atoms with E-state index in [1.165, 1.54) is 6.92 Å². The first-order valence-electron chi connectivity index (χ1n) is 5.67. The molecule has 4 heteroatoms. The lowest BCUT2D eigenvalue weighted by Crippen LogP contribution is -2.40. The van der Waals surface area contributed by atoms with Crippen molar-refractivity contribution in [1.29, 1.82) is 0 Å². The second-order valence-corrected chi connectivity index (χ2v) is 6.27. The van der Waals surface area contributed by atoms with Gasteiger partial charge in [0.1, 0.15) is 0 Å². The molecule has 0 bridgehead atoms. The Hall–Kier alpha value is -0.930. The number of nitrogens with zero attached hydrogens (tertiary/aromatic N) is 1. The number of carbonyl (C=O) groups excluding carboxylic acids is 1. The highest BCUT2D eigenvalue weighted by Crippen LogP contribution is 2.26. The lowest BCUT2D eigenvalue weighted by Gasteiger charge is -2.30. The number of rotatable bonds is 5. The first-order chi connectivity index (χ1) is 7.06. The van der Waals surface area contributed by atoms with Gasteiger partial charge in [0.25, 0.3) is 0 Å². The van der Waals surface area contributed by atoms with Crippen LogP contribution in [0.4, 0.5) is 0 Å². The molecule has 1 atom stereocenters. The number of hydrogen-bond acceptors (Lipinski definition) is 3. The molecule has 0 aromatic carbocycles. The van der Waals surface area contributed by atoms with Crippen LogP contribution in [-0.2, 0) is 4.79 Å². The summed E-state index contributed by atoms with van der Waals surface area (Å²) >= 11 is 0. The molecule has 0 fully saturated rings. The molecule has 0 saturated carbocycles. The molecule has 16 heavy (non-hydrogen) atoms. The normalized spacial score (nSPS) is 14.4. The molecule has 0 aliphatic carbocycles. The largest absolute Gasteiger partial charge is 0.354 e. The van der Waals surface area contributed by atoms with E-state index < -0.39 is 5.54 Å². The Balaban J connectivity index is 4.55. The highest BCUT2D eigenvalue weighted by Gasteiger charge is 2.27. The van der Waals surface area contributed by atoms with Gasteiger partial charge >= 0.3 is 0 Å². The molecule has 4 nitrogen and oxygen atoms in total. The Morgan fingerprint density at radius 1 is 1.19 bits per heavy atom. The van der Waals surface area contributed by atoms with E-state index in [2.05, 4.69) is 31.3 Å². The van der Waals surface area contributed by atoms with Gasteiger partial charge in [0, 0.05) is 13.0 Å². The molecule has 0 aromatic rings. The zero-order valence-electron chi connectivity index (χ0n) is 11.3. The fraction of sp³-hybridized carbons (Fsp3) is 0.917. The molecule has 1 amide bonds. The van der Waals surface area contributed by atoms with Gasteiger partial charge in [-0.2, -0.15) is 4.91 Å². The molecule has 0 saturated heterocycles. The summed E-state index contributed by atoms with van der Waals surface area (Å²) in [6, 6.07) is 0.00481. The number of hydrogen-bond donors (Lipinski definition) is 1. The predicted octanol–water partition coefficient (Wildman–Crippen LogP) is 2.86. The van der Waals surface area contributed by atoms with Crippen molar-refractivity contribution in [2.24, 2.45) is 10.6 Å². The molecule has 1 N–H and O–H groups in total. The molecule has 0 rings (SSSR count). The number of nitrogens with one attached hydrogen (secondary N) is 1. The van der Waals surface area contributed by atoms with E-state index in [1.807, 2.05) is 0 Å². The lowest BCUT2D eigenvalue weighted by molar-refractivity contribution is -0.119. The minimum atomic E-state index is -0.627. The van der Waals surface area contributed by atoms with Crippen LogP contribution in [0.25, 0.3) is 0 Å². The van der Waals surface area contributed by atoms with Crippen LogP contribution in [0.2, 0.25) is 0 Å². The predicted molar refractivity (Wildman–Crippen MR) is 66.2 cm³/mol. The molecule has 0 heterocycles. The molecule has 0 spiro atoms. The summed E-state index contributed by atoms with van der Waals surface area (Å²) in [5, 5.41) is 5.99. The van der Waals surface area contributed by atoms with Crippen molar-refractivity contribution in [3.05, 3.63) is 4.91 Å². The third-order valence-electron chi connectivity index (χ3n) is 2.26. The van der Waals surface area contributed by atoms with Crippen molar-refractivity contribution in [3.63, 3.8) is 0 Å². The van der Waals surface area contributed by atoms with Crippen LogP contribution in [-0.4, -0.2) is 17.5 Å². The Morgan fingerprint density at radius 2 is 1.69 bits per heavy atom. The van der Waals surface area contributed by atoms with Crippen molar-refractivity contribution >= 4 is 5.91 Å². The molecule has 94 valence electrons. The number of amides is 1. The maximum Gasteiger partial charge on any atom is 0.217 e. The SMILES string of the molecule is CC(=O)NC(CC(C)(C)C)CC(C)(C)N=O. The quantitative estimate of drug-likeness (QED) is 0.735. The highest BCUT2D eigenvalue weighted by atomic mass is 16.3. The van der Waals surface area contributed by atoms with Crippen LogP contribution in [0, 0.1) is 10.3 Å². The van der Waals surface area contributed by atoms with Gasteiger partial charge in [0.2, 0.25) is 5.91 Å². The zero-order valence-corrected chi connectivity index (χ0v) is 11.3. The lowest BCUT2D eigenvalue weighted by atomic mass is 9.83. The van der Waals surface area contributed by atoms with E-state index in [-0.39, 0.29) is 17.4 Å². The maximum absolute atomic E-state index is 11.1. The molecule has 0 aliphatic heterocycles. The summed E-state index contributed by atoms with van der Waals surface area (Å²) in [6.45, 7) is 11.4. The first-order valence-corrected chi connectivity index (χ1v) is 5.67. The van der Waals surface area contributed by atoms with Crippen molar-refractivity contribution in [3.8, 4) is 0 Å². The third-order valence-corrected chi connectivity index (χ3v) is 2.26. The van der Waals surface area contributed by atoms with Crippen molar-refractivity contribution in [2.75, 3.05) is 0 Å². The van der Waals surface area contributed by atoms with E-state index >= 15 is 0 Å². The summed E-state index contributed by atoms with van der Waals surface area (Å²) < 4.78 is 0. The number of carbonyl (C=O) groups is 1. The molecular weight excluding hydrogens is 204 g/mol. The van der Waals surface area contributed by atoms with Gasteiger partial charge < -0.3 is 5.32 Å². The van der Waals surface area contributed by atoms with Crippen LogP contribution >= 0.6 is 0 Å². The number of nitroso groups, excluding NO2 is 1. The van der Waals surface area contributed by atoms with E-state index in [4.69, 9.17) is 0 Å². The summed E-state index contributed by atoms with van der Waals surface area (Å²) in [5.74, 6) is -0.0593. The summed E-state index contributed by atoms with van der Waals surface area (Å²) in [6.07, 6.45) is 1.42. The minimum Gasteiger partial charge on any atom is -0.354 e. The van der Waals surface area contributed by atoms with Crippen LogP contribution in [0.5, 0.6) is 0 Å². The molecule has 0 radical (unpaired) electrons. The topological polar surface area (TPSA) is 58.5 Å². The van der Waals surface area contributed by atoms with Crippen LogP contribution < -0.4 is 5.32 Å². The average molecular weight is 228 g/mol. The van der Waals surface area contributed by atoms with Gasteiger partial charge in [0.15, 0.2) is 0 Å². The fourth-order valence-electron chi connectivity index (χ4n) is 1.84. The van der Waals surface area contributed by atoms with E-state index in [0.29, 0.717) is 6.42 Å². The Kier molecular flexibility index (Phi) is 5.10. The molecule has 0 aromatic heterocycles. The van der Waals surface area contributed by atoms with Crippen molar-refractivity contribution < 1.29 is 4.79 Å². The van der Waals surface area contributed by atoms with Crippen molar-refractivity contribution in [1.82, 2.24) is 5.32 Å². The highest BCUT2D eigenvalue weighted by molar-refractivity contribution is 5.73. The molecule has 1 unspecified atom stereocenters. The van der Waals surface area contributed by atoms with E-state index in [0.717, 1.165) is 6.42 Å². The van der Waals surface area contributed by atoms with Gasteiger partial charge in [-0.1, -0.05) is 25.9 Å². The smallest absolute Gasteiger partial charge is 0.217 e. The van der Waals surface area contributed by atoms with Gasteiger partial charge in [-0.15, -0.1) is 0 Å². The minimum absolute atomic E-state index is 0.00481. The van der Waals surface area contributed by atoms with E-state index in [1.54, 1.807) is 13.8 Å². The van der Waals surface area contributed by atoms with Crippen LogP contribution in [0.15, 0.2) is 5.18 Å². The Morgan fingerprint density at radius 3 is 2.00 bits per heavy atom. The van der Waals surface area contributed by atoms with Gasteiger partial charge in [0.05, 0.1) is 5.54 Å². The average Bonchev–Trinajstić information content (AvgIpc) is 1.98. The third kappa shape index (κ3) is 7.37. The van der Waals surface area contributed by atoms with Gasteiger partial charge in [-0.3, -0.25) is 4.79 Å². The Labute approximate surface area is 98.2 Å². The summed E-state index contributed by atoms with van der Waals surface area (Å²) in [7, 11) is 0. The van der Waals surface area contributed by atoms with Crippen LogP contribution in [0.3, 0.4) is 0 Å². The van der Waals surface area contributed by atoms with E-state index in [9.17, 15) is 9.70 Å². The Bertz CT molecular complexity index is 254. The van der Waals surface area contributed by atoms with Gasteiger partial charge in [-0.25, -0.2) is 0 Å². The summed E-state index contributed by atoms with van der Waals surface area (Å²) in [4.78, 5) is 21.7. The second-order valence-electron chi connectivity index (χ2n) is 6.27. The zero-order chi connectivity index (χ0) is 13.0. The van der Waals surface area contributed by atoms with Crippen LogP contribution in [0.1, 0.15) is 54.4 Å². The first kappa shape index (κ1) is 15.1. The molecule has 0 aliphatic rings. The fourth-order valence-corrected chi connectivity index (χ4v) is 1.84. The maximum atomic E-state index is 11.1. The summed E-state index contributed by atoms with van der Waals surface area (Å²) in [5.41, 5.74) is -0.509. The van der Waals surface area contributed by atoms with Crippen molar-refractivity contribution in [2.45, 2.75) is 66.0 Å².